The number of aromatic nitrogens is 3. The van der Waals surface area contributed by atoms with Gasteiger partial charge in [0.2, 0.25) is 5.91 Å². The van der Waals surface area contributed by atoms with Crippen molar-refractivity contribution in [3.05, 3.63) is 65.6 Å². The highest BCUT2D eigenvalue weighted by atomic mass is 16.5. The fraction of sp³-hybridized carbons (Fsp3) is 0.318. The third-order valence-corrected chi connectivity index (χ3v) is 5.12. The molecule has 0 aliphatic carbocycles. The highest BCUT2D eigenvalue weighted by Crippen LogP contribution is 2.31. The summed E-state index contributed by atoms with van der Waals surface area (Å²) in [7, 11) is 0. The fourth-order valence-electron chi connectivity index (χ4n) is 3.69. The van der Waals surface area contributed by atoms with Crippen LogP contribution in [-0.2, 0) is 27.4 Å². The molecule has 0 N–H and O–H groups in total. The van der Waals surface area contributed by atoms with Gasteiger partial charge < -0.3 is 14.2 Å². The van der Waals surface area contributed by atoms with Gasteiger partial charge >= 0.3 is 5.97 Å². The smallest absolute Gasteiger partial charge is 0.306 e. The first kappa shape index (κ1) is 19.0. The number of aryl methyl sites for hydroxylation is 1. The average molecular weight is 392 g/mol. The minimum absolute atomic E-state index is 0.0584. The Morgan fingerprint density at radius 1 is 1.07 bits per heavy atom. The van der Waals surface area contributed by atoms with Crippen molar-refractivity contribution < 1.29 is 14.3 Å². The highest BCUT2D eigenvalue weighted by molar-refractivity contribution is 5.82. The molecule has 0 fully saturated rings. The van der Waals surface area contributed by atoms with Gasteiger partial charge in [0.05, 0.1) is 37.5 Å². The van der Waals surface area contributed by atoms with Crippen LogP contribution in [0.5, 0.6) is 0 Å². The Hall–Kier alpha value is -3.35. The molecule has 0 saturated heterocycles. The summed E-state index contributed by atoms with van der Waals surface area (Å²) in [6.45, 7) is 5.08. The molecule has 0 saturated carbocycles. The van der Waals surface area contributed by atoms with Crippen molar-refractivity contribution in [1.29, 1.82) is 0 Å². The molecule has 7 heteroatoms. The molecule has 3 aromatic rings. The number of esters is 1. The zero-order valence-electron chi connectivity index (χ0n) is 16.7. The average Bonchev–Trinajstić information content (AvgIpc) is 3.42. The lowest BCUT2D eigenvalue weighted by Gasteiger charge is -2.18. The van der Waals surface area contributed by atoms with E-state index in [0.29, 0.717) is 19.7 Å². The van der Waals surface area contributed by atoms with Gasteiger partial charge in [0.1, 0.15) is 5.82 Å². The van der Waals surface area contributed by atoms with Crippen LogP contribution in [0.2, 0.25) is 0 Å². The maximum absolute atomic E-state index is 12.6. The van der Waals surface area contributed by atoms with Crippen molar-refractivity contribution in [2.75, 3.05) is 6.61 Å². The van der Waals surface area contributed by atoms with Crippen LogP contribution in [0.1, 0.15) is 36.6 Å². The molecule has 0 unspecified atom stereocenters. The van der Waals surface area contributed by atoms with Crippen LogP contribution in [0, 0.1) is 6.92 Å². The number of fused-ring (bicyclic) bond motifs is 1. The van der Waals surface area contributed by atoms with Crippen LogP contribution < -0.4 is 0 Å². The van der Waals surface area contributed by atoms with Crippen molar-refractivity contribution in [2.24, 2.45) is 0 Å². The molecule has 0 atom stereocenters. The van der Waals surface area contributed by atoms with E-state index >= 15 is 0 Å². The minimum atomic E-state index is -0.337. The summed E-state index contributed by atoms with van der Waals surface area (Å²) in [5.74, 6) is 0.549. The number of ether oxygens (including phenoxy) is 1. The van der Waals surface area contributed by atoms with Crippen molar-refractivity contribution in [2.45, 2.75) is 39.8 Å². The second-order valence-corrected chi connectivity index (χ2v) is 7.09. The largest absolute Gasteiger partial charge is 0.466 e. The molecule has 150 valence electrons. The minimum Gasteiger partial charge on any atom is -0.466 e. The lowest BCUT2D eigenvalue weighted by molar-refractivity contribution is -0.145. The van der Waals surface area contributed by atoms with E-state index in [1.54, 1.807) is 11.8 Å². The highest BCUT2D eigenvalue weighted by Gasteiger charge is 2.31. The van der Waals surface area contributed by atoms with Crippen LogP contribution in [0.25, 0.3) is 11.5 Å². The lowest BCUT2D eigenvalue weighted by Crippen LogP contribution is -2.27. The summed E-state index contributed by atoms with van der Waals surface area (Å²) in [5.41, 5.74) is 4.07. The number of hydrogen-bond donors (Lipinski definition) is 0. The third-order valence-electron chi connectivity index (χ3n) is 5.12. The molecular weight excluding hydrogens is 368 g/mol. The molecule has 0 spiro atoms. The Bertz CT molecular complexity index is 1040. The van der Waals surface area contributed by atoms with Crippen molar-refractivity contribution >= 4 is 11.9 Å². The molecule has 7 nitrogen and oxygen atoms in total. The topological polar surface area (TPSA) is 69.4 Å². The van der Waals surface area contributed by atoms with E-state index in [0.717, 1.165) is 28.3 Å². The quantitative estimate of drug-likeness (QED) is 0.604. The van der Waals surface area contributed by atoms with E-state index in [4.69, 9.17) is 9.84 Å². The van der Waals surface area contributed by atoms with E-state index in [9.17, 15) is 9.59 Å². The number of carbonyl (C=O) groups excluding carboxylic acids is 2. The second kappa shape index (κ2) is 7.95. The van der Waals surface area contributed by atoms with Gasteiger partial charge in [-0.2, -0.15) is 5.10 Å². The van der Waals surface area contributed by atoms with E-state index < -0.39 is 0 Å². The number of hydrogen-bond acceptors (Lipinski definition) is 4. The molecule has 4 rings (SSSR count). The summed E-state index contributed by atoms with van der Waals surface area (Å²) >= 11 is 0. The van der Waals surface area contributed by atoms with Crippen molar-refractivity contribution in [3.63, 3.8) is 0 Å². The molecule has 1 aliphatic rings. The third kappa shape index (κ3) is 3.68. The number of rotatable bonds is 6. The van der Waals surface area contributed by atoms with Crippen LogP contribution in [-0.4, -0.2) is 37.7 Å². The van der Waals surface area contributed by atoms with Crippen LogP contribution >= 0.6 is 0 Å². The molecule has 1 aromatic carbocycles. The number of amides is 1. The van der Waals surface area contributed by atoms with E-state index in [1.807, 2.05) is 52.0 Å². The second-order valence-electron chi connectivity index (χ2n) is 7.09. The standard InChI is InChI=1S/C22H24N4O3/c1-3-29-21(28)11-10-20(27)25-14-17-18(15-25)23-26(19-9-5-4-8-16(19)2)22(17)24-12-6-7-13-24/h4-9,12-13H,3,10-11,14-15H2,1-2H3. The van der Waals surface area contributed by atoms with Gasteiger partial charge in [-0.25, -0.2) is 4.68 Å². The van der Waals surface area contributed by atoms with Gasteiger partial charge in [0.25, 0.3) is 0 Å². The first-order valence-electron chi connectivity index (χ1n) is 9.82. The first-order valence-corrected chi connectivity index (χ1v) is 9.82. The molecule has 0 bridgehead atoms. The SMILES string of the molecule is CCOC(=O)CCC(=O)N1Cc2nn(-c3ccccc3C)c(-n3cccc3)c2C1. The van der Waals surface area contributed by atoms with E-state index in [1.165, 1.54) is 0 Å². The van der Waals surface area contributed by atoms with Gasteiger partial charge in [0.15, 0.2) is 0 Å². The predicted octanol–water partition coefficient (Wildman–Crippen LogP) is 3.16. The fourth-order valence-corrected chi connectivity index (χ4v) is 3.69. The summed E-state index contributed by atoms with van der Waals surface area (Å²) in [6, 6.07) is 12.1. The maximum atomic E-state index is 12.6. The van der Waals surface area contributed by atoms with Crippen molar-refractivity contribution in [3.8, 4) is 11.5 Å². The Balaban J connectivity index is 1.61. The van der Waals surface area contributed by atoms with E-state index in [-0.39, 0.29) is 24.7 Å². The van der Waals surface area contributed by atoms with Crippen molar-refractivity contribution in [1.82, 2.24) is 19.2 Å². The van der Waals surface area contributed by atoms with Gasteiger partial charge in [-0.1, -0.05) is 18.2 Å². The number of para-hydroxylation sites is 1. The van der Waals surface area contributed by atoms with Crippen LogP contribution in [0.15, 0.2) is 48.8 Å². The first-order chi connectivity index (χ1) is 14.1. The summed E-state index contributed by atoms with van der Waals surface area (Å²) < 4.78 is 8.91. The molecule has 0 radical (unpaired) electrons. The Labute approximate surface area is 169 Å². The summed E-state index contributed by atoms with van der Waals surface area (Å²) in [6.07, 6.45) is 4.23. The normalized spacial score (nSPS) is 12.8. The number of nitrogens with zero attached hydrogens (tertiary/aromatic N) is 4. The Morgan fingerprint density at radius 3 is 2.55 bits per heavy atom. The van der Waals surface area contributed by atoms with Gasteiger partial charge in [0, 0.05) is 24.4 Å². The number of carbonyl (C=O) groups is 2. The predicted molar refractivity (Wildman–Crippen MR) is 108 cm³/mol. The molecular formula is C22H24N4O3. The van der Waals surface area contributed by atoms with Crippen LogP contribution in [0.4, 0.5) is 0 Å². The summed E-state index contributed by atoms with van der Waals surface area (Å²) in [4.78, 5) is 25.9. The zero-order chi connectivity index (χ0) is 20.4. The van der Waals surface area contributed by atoms with E-state index in [2.05, 4.69) is 13.0 Å². The molecule has 2 aromatic heterocycles. The van der Waals surface area contributed by atoms with Gasteiger partial charge in [-0.3, -0.25) is 9.59 Å². The summed E-state index contributed by atoms with van der Waals surface area (Å²) in [5, 5.41) is 4.85. The van der Waals surface area contributed by atoms with Gasteiger partial charge in [-0.15, -0.1) is 0 Å². The lowest BCUT2D eigenvalue weighted by atomic mass is 10.2. The Kier molecular flexibility index (Phi) is 5.20. The molecule has 3 heterocycles. The monoisotopic (exact) mass is 392 g/mol. The van der Waals surface area contributed by atoms with Gasteiger partial charge in [-0.05, 0) is 37.6 Å². The molecule has 1 amide bonds. The maximum Gasteiger partial charge on any atom is 0.306 e. The zero-order valence-corrected chi connectivity index (χ0v) is 16.7. The molecule has 1 aliphatic heterocycles. The molecule has 29 heavy (non-hydrogen) atoms. The Morgan fingerprint density at radius 2 is 1.83 bits per heavy atom. The van der Waals surface area contributed by atoms with Crippen LogP contribution in [0.3, 0.4) is 0 Å². The number of benzene rings is 1.